The van der Waals surface area contributed by atoms with Gasteiger partial charge in [-0.05, 0) is 18.4 Å². The monoisotopic (exact) mass is 233 g/mol. The number of benzene rings is 1. The predicted octanol–water partition coefficient (Wildman–Crippen LogP) is 2.97. The van der Waals surface area contributed by atoms with Gasteiger partial charge in [-0.25, -0.2) is 0 Å². The maximum absolute atomic E-state index is 5.50. The Kier molecular flexibility index (Phi) is 6.60. The average Bonchev–Trinajstić information content (AvgIpc) is 2.37. The van der Waals surface area contributed by atoms with E-state index in [1.807, 2.05) is 0 Å². The van der Waals surface area contributed by atoms with Crippen LogP contribution in [0.4, 0.5) is 0 Å². The van der Waals surface area contributed by atoms with Crippen LogP contribution in [0.1, 0.15) is 25.3 Å². The third-order valence-corrected chi connectivity index (χ3v) is 2.75. The van der Waals surface area contributed by atoms with Crippen LogP contribution in [-0.4, -0.2) is 25.8 Å². The fourth-order valence-electron chi connectivity index (χ4n) is 1.69. The molecule has 1 rings (SSSR count). The molecule has 17 heavy (non-hydrogen) atoms. The van der Waals surface area contributed by atoms with Crippen molar-refractivity contribution in [1.29, 1.82) is 0 Å². The molecule has 2 unspecified atom stereocenters. The van der Waals surface area contributed by atoms with E-state index in [4.69, 9.17) is 4.74 Å². The van der Waals surface area contributed by atoms with E-state index in [2.05, 4.69) is 56.1 Å². The van der Waals surface area contributed by atoms with Gasteiger partial charge in [-0.1, -0.05) is 43.3 Å². The highest BCUT2D eigenvalue weighted by molar-refractivity contribution is 5.18. The van der Waals surface area contributed by atoms with Gasteiger partial charge in [0.2, 0.25) is 0 Å². The lowest BCUT2D eigenvalue weighted by atomic mass is 10.0. The summed E-state index contributed by atoms with van der Waals surface area (Å²) in [4.78, 5) is 0. The van der Waals surface area contributed by atoms with Crippen LogP contribution in [-0.2, 0) is 4.74 Å². The minimum Gasteiger partial charge on any atom is -0.373 e. The third kappa shape index (κ3) is 5.66. The van der Waals surface area contributed by atoms with E-state index < -0.39 is 0 Å². The van der Waals surface area contributed by atoms with Crippen LogP contribution in [0.15, 0.2) is 43.0 Å². The predicted molar refractivity (Wildman–Crippen MR) is 73.3 cm³/mol. The van der Waals surface area contributed by atoms with Gasteiger partial charge in [0.1, 0.15) is 0 Å². The van der Waals surface area contributed by atoms with E-state index in [0.29, 0.717) is 12.5 Å². The Balaban J connectivity index is 2.20. The second-order valence-corrected chi connectivity index (χ2v) is 4.40. The maximum Gasteiger partial charge on any atom is 0.0675 e. The summed E-state index contributed by atoms with van der Waals surface area (Å²) in [6, 6.07) is 10.6. The van der Waals surface area contributed by atoms with Crippen molar-refractivity contribution in [3.63, 3.8) is 0 Å². The Morgan fingerprint density at radius 2 is 1.94 bits per heavy atom. The molecular formula is C15H23NO. The van der Waals surface area contributed by atoms with Crippen molar-refractivity contribution in [3.05, 3.63) is 48.6 Å². The number of rotatable bonds is 8. The maximum atomic E-state index is 5.50. The molecule has 0 saturated carbocycles. The first-order chi connectivity index (χ1) is 8.24. The first-order valence-electron chi connectivity index (χ1n) is 6.22. The van der Waals surface area contributed by atoms with Crippen molar-refractivity contribution < 1.29 is 4.74 Å². The van der Waals surface area contributed by atoms with E-state index in [1.54, 1.807) is 6.08 Å². The number of hydrogen-bond donors (Lipinski definition) is 1. The van der Waals surface area contributed by atoms with E-state index >= 15 is 0 Å². The molecule has 0 aromatic heterocycles. The van der Waals surface area contributed by atoms with Crippen LogP contribution in [0, 0.1) is 0 Å². The number of hydrogen-bond acceptors (Lipinski definition) is 2. The fraction of sp³-hybridized carbons (Fsp3) is 0.467. The molecule has 1 aromatic carbocycles. The molecule has 0 heterocycles. The summed E-state index contributed by atoms with van der Waals surface area (Å²) < 4.78 is 5.50. The largest absolute Gasteiger partial charge is 0.373 e. The summed E-state index contributed by atoms with van der Waals surface area (Å²) in [7, 11) is 0. The molecule has 2 atom stereocenters. The minimum absolute atomic E-state index is 0.232. The van der Waals surface area contributed by atoms with Gasteiger partial charge in [-0.2, -0.15) is 0 Å². The van der Waals surface area contributed by atoms with Gasteiger partial charge in [0, 0.05) is 13.1 Å². The van der Waals surface area contributed by atoms with Crippen LogP contribution in [0.25, 0.3) is 0 Å². The molecule has 0 spiro atoms. The van der Waals surface area contributed by atoms with Crippen LogP contribution < -0.4 is 5.32 Å². The SMILES string of the molecule is C=CCOC(C)CNCC(C)c1ccccc1. The lowest BCUT2D eigenvalue weighted by Gasteiger charge is -2.16. The van der Waals surface area contributed by atoms with Crippen LogP contribution in [0.2, 0.25) is 0 Å². The van der Waals surface area contributed by atoms with E-state index in [1.165, 1.54) is 5.56 Å². The van der Waals surface area contributed by atoms with Gasteiger partial charge < -0.3 is 10.1 Å². The smallest absolute Gasteiger partial charge is 0.0675 e. The van der Waals surface area contributed by atoms with Crippen molar-refractivity contribution >= 4 is 0 Å². The molecule has 2 heteroatoms. The van der Waals surface area contributed by atoms with Crippen molar-refractivity contribution in [2.75, 3.05) is 19.7 Å². The van der Waals surface area contributed by atoms with Crippen molar-refractivity contribution in [1.82, 2.24) is 5.32 Å². The number of nitrogens with one attached hydrogen (secondary N) is 1. The third-order valence-electron chi connectivity index (χ3n) is 2.75. The molecule has 0 amide bonds. The second-order valence-electron chi connectivity index (χ2n) is 4.40. The van der Waals surface area contributed by atoms with Crippen molar-refractivity contribution in [2.45, 2.75) is 25.9 Å². The summed E-state index contributed by atoms with van der Waals surface area (Å²) >= 11 is 0. The molecule has 0 saturated heterocycles. The van der Waals surface area contributed by atoms with Gasteiger partial charge in [0.05, 0.1) is 12.7 Å². The topological polar surface area (TPSA) is 21.3 Å². The minimum atomic E-state index is 0.232. The molecule has 0 fully saturated rings. The second kappa shape index (κ2) is 8.04. The van der Waals surface area contributed by atoms with Gasteiger partial charge >= 0.3 is 0 Å². The normalized spacial score (nSPS) is 14.2. The molecule has 94 valence electrons. The summed E-state index contributed by atoms with van der Waals surface area (Å²) in [6.45, 7) is 10.4. The van der Waals surface area contributed by atoms with Crippen molar-refractivity contribution in [3.8, 4) is 0 Å². The average molecular weight is 233 g/mol. The Bertz CT molecular complexity index is 310. The molecule has 1 aromatic rings. The van der Waals surface area contributed by atoms with Crippen LogP contribution in [0.5, 0.6) is 0 Å². The summed E-state index contributed by atoms with van der Waals surface area (Å²) in [5.74, 6) is 0.530. The van der Waals surface area contributed by atoms with Gasteiger partial charge in [-0.3, -0.25) is 0 Å². The highest BCUT2D eigenvalue weighted by Crippen LogP contribution is 2.12. The lowest BCUT2D eigenvalue weighted by Crippen LogP contribution is -2.29. The highest BCUT2D eigenvalue weighted by Gasteiger charge is 2.05. The summed E-state index contributed by atoms with van der Waals surface area (Å²) in [5.41, 5.74) is 1.37. The standard InChI is InChI=1S/C15H23NO/c1-4-10-17-14(3)12-16-11-13(2)15-8-6-5-7-9-15/h4-9,13-14,16H,1,10-12H2,2-3H3. The molecule has 0 aliphatic carbocycles. The van der Waals surface area contributed by atoms with Gasteiger partial charge in [-0.15, -0.1) is 6.58 Å². The molecule has 0 aliphatic heterocycles. The molecule has 1 N–H and O–H groups in total. The highest BCUT2D eigenvalue weighted by atomic mass is 16.5. The lowest BCUT2D eigenvalue weighted by molar-refractivity contribution is 0.0879. The number of ether oxygens (including phenoxy) is 1. The summed E-state index contributed by atoms with van der Waals surface area (Å²) in [5, 5.41) is 3.43. The van der Waals surface area contributed by atoms with E-state index in [0.717, 1.165) is 13.1 Å². The first kappa shape index (κ1) is 13.9. The van der Waals surface area contributed by atoms with Crippen LogP contribution in [0.3, 0.4) is 0 Å². The zero-order valence-corrected chi connectivity index (χ0v) is 10.9. The Hall–Kier alpha value is -1.12. The van der Waals surface area contributed by atoms with Gasteiger partial charge in [0.15, 0.2) is 0 Å². The zero-order valence-electron chi connectivity index (χ0n) is 10.9. The van der Waals surface area contributed by atoms with E-state index in [-0.39, 0.29) is 6.10 Å². The van der Waals surface area contributed by atoms with Crippen LogP contribution >= 0.6 is 0 Å². The summed E-state index contributed by atoms with van der Waals surface area (Å²) in [6.07, 6.45) is 2.01. The molecular weight excluding hydrogens is 210 g/mol. The molecule has 0 radical (unpaired) electrons. The van der Waals surface area contributed by atoms with Gasteiger partial charge in [0.25, 0.3) is 0 Å². The van der Waals surface area contributed by atoms with E-state index in [9.17, 15) is 0 Å². The van der Waals surface area contributed by atoms with Crippen molar-refractivity contribution in [2.24, 2.45) is 0 Å². The first-order valence-corrected chi connectivity index (χ1v) is 6.22. The Labute approximate surface area is 105 Å². The quantitative estimate of drug-likeness (QED) is 0.697. The molecule has 2 nitrogen and oxygen atoms in total. The molecule has 0 bridgehead atoms. The molecule has 0 aliphatic rings. The fourth-order valence-corrected chi connectivity index (χ4v) is 1.69. The Morgan fingerprint density at radius 1 is 1.24 bits per heavy atom. The zero-order chi connectivity index (χ0) is 12.5. The Morgan fingerprint density at radius 3 is 2.59 bits per heavy atom.